The van der Waals surface area contributed by atoms with Crippen LogP contribution in [0.3, 0.4) is 0 Å². The summed E-state index contributed by atoms with van der Waals surface area (Å²) in [5, 5.41) is 6.37. The molecule has 9 heteroatoms. The van der Waals surface area contributed by atoms with Gasteiger partial charge in [0.1, 0.15) is 5.54 Å². The van der Waals surface area contributed by atoms with Gasteiger partial charge in [0.05, 0.1) is 11.8 Å². The Bertz CT molecular complexity index is 866. The Morgan fingerprint density at radius 3 is 2.79 bits per heavy atom. The van der Waals surface area contributed by atoms with E-state index in [-0.39, 0.29) is 23.8 Å². The maximum absolute atomic E-state index is 13.4. The molecule has 1 spiro atoms. The van der Waals surface area contributed by atoms with Gasteiger partial charge in [0.25, 0.3) is 0 Å². The Labute approximate surface area is 182 Å². The maximum Gasteiger partial charge on any atom is 0.250 e. The highest BCUT2D eigenvalue weighted by atomic mass is 79.9. The largest absolute Gasteiger partial charge is 0.385 e. The van der Waals surface area contributed by atoms with Crippen LogP contribution in [0.1, 0.15) is 18.4 Å². The van der Waals surface area contributed by atoms with Crippen LogP contribution in [0.15, 0.2) is 22.7 Å². The third kappa shape index (κ3) is 3.13. The number of hydrogen-bond acceptors (Lipinski definition) is 6. The van der Waals surface area contributed by atoms with E-state index in [2.05, 4.69) is 26.6 Å². The van der Waals surface area contributed by atoms with Crippen molar-refractivity contribution < 1.29 is 19.1 Å². The number of methoxy groups -OCH3 is 1. The van der Waals surface area contributed by atoms with E-state index in [1.54, 1.807) is 18.9 Å². The fourth-order valence-electron chi connectivity index (χ4n) is 4.91. The van der Waals surface area contributed by atoms with Crippen LogP contribution in [0.4, 0.5) is 5.69 Å². The maximum atomic E-state index is 13.4. The topological polar surface area (TPSA) is 87.7 Å². The van der Waals surface area contributed by atoms with Crippen molar-refractivity contribution in [1.82, 2.24) is 10.2 Å². The number of halogens is 1. The summed E-state index contributed by atoms with van der Waals surface area (Å²) in [5.74, 6) is -1.13. The summed E-state index contributed by atoms with van der Waals surface area (Å²) >= 11 is 5.17. The molecule has 29 heavy (non-hydrogen) atoms. The molecule has 2 unspecified atom stereocenters. The number of ether oxygens (including phenoxy) is 1. The predicted octanol–water partition coefficient (Wildman–Crippen LogP) is 1.96. The Morgan fingerprint density at radius 1 is 1.28 bits per heavy atom. The van der Waals surface area contributed by atoms with E-state index in [1.165, 1.54) is 4.90 Å². The zero-order valence-electron chi connectivity index (χ0n) is 16.4. The third-order valence-electron chi connectivity index (χ3n) is 6.13. The van der Waals surface area contributed by atoms with Crippen molar-refractivity contribution in [1.29, 1.82) is 0 Å². The Kier molecular flexibility index (Phi) is 5.76. The minimum atomic E-state index is -1.21. The van der Waals surface area contributed by atoms with Gasteiger partial charge in [0.2, 0.25) is 17.7 Å². The van der Waals surface area contributed by atoms with Crippen LogP contribution in [0.2, 0.25) is 0 Å². The average Bonchev–Trinajstić information content (AvgIpc) is 3.27. The molecule has 1 aromatic carbocycles. The molecule has 0 aromatic heterocycles. The number of imide groups is 1. The summed E-state index contributed by atoms with van der Waals surface area (Å²) in [5.41, 5.74) is 0.210. The van der Waals surface area contributed by atoms with Crippen molar-refractivity contribution in [2.24, 2.45) is 11.8 Å². The summed E-state index contributed by atoms with van der Waals surface area (Å²) in [7, 11) is 1.59. The van der Waals surface area contributed by atoms with Crippen LogP contribution >= 0.6 is 27.7 Å². The summed E-state index contributed by atoms with van der Waals surface area (Å²) < 4.78 is 5.90. The first-order valence-corrected chi connectivity index (χ1v) is 11.9. The predicted molar refractivity (Wildman–Crippen MR) is 115 cm³/mol. The molecule has 3 heterocycles. The van der Waals surface area contributed by atoms with Crippen LogP contribution in [-0.2, 0) is 24.7 Å². The molecule has 2 N–H and O–H groups in total. The van der Waals surface area contributed by atoms with Crippen molar-refractivity contribution >= 4 is 51.1 Å². The molecular weight excluding hydrogens is 458 g/mol. The van der Waals surface area contributed by atoms with E-state index in [1.807, 2.05) is 24.5 Å². The molecule has 2 fully saturated rings. The summed E-state index contributed by atoms with van der Waals surface area (Å²) in [6.45, 7) is 0.790. The van der Waals surface area contributed by atoms with Gasteiger partial charge < -0.3 is 10.1 Å². The minimum Gasteiger partial charge on any atom is -0.385 e. The second-order valence-corrected chi connectivity index (χ2v) is 9.56. The van der Waals surface area contributed by atoms with Crippen molar-refractivity contribution in [3.05, 3.63) is 28.2 Å². The molecule has 0 radical (unpaired) electrons. The molecule has 0 saturated carbocycles. The van der Waals surface area contributed by atoms with E-state index in [4.69, 9.17) is 4.74 Å². The average molecular weight is 482 g/mol. The number of rotatable bonds is 7. The van der Waals surface area contributed by atoms with Gasteiger partial charge in [-0.3, -0.25) is 24.6 Å². The summed E-state index contributed by atoms with van der Waals surface area (Å²) in [6, 6.07) is 5.33. The van der Waals surface area contributed by atoms with E-state index >= 15 is 0 Å². The first-order chi connectivity index (χ1) is 14.0. The first kappa shape index (κ1) is 20.8. The van der Waals surface area contributed by atoms with Gasteiger partial charge in [0, 0.05) is 42.0 Å². The van der Waals surface area contributed by atoms with Crippen molar-refractivity contribution in [3.8, 4) is 0 Å². The second-order valence-electron chi connectivity index (χ2n) is 7.66. The fourth-order valence-corrected chi connectivity index (χ4v) is 5.77. The fraction of sp³-hybridized carbons (Fsp3) is 0.550. The lowest BCUT2D eigenvalue weighted by atomic mass is 9.76. The summed E-state index contributed by atoms with van der Waals surface area (Å²) in [4.78, 5) is 41.3. The Hall–Kier alpha value is -1.42. The molecule has 156 valence electrons. The molecular formula is C20H24BrN3O4S. The monoisotopic (exact) mass is 481 g/mol. The van der Waals surface area contributed by atoms with Crippen LogP contribution in [-0.4, -0.2) is 60.9 Å². The SMILES string of the molecule is COCCCN1C(=O)[C@@H]2C(CCSC)NC3(C(=O)Nc4ccc(Br)cc43)[C@@H]2C1=O. The quantitative estimate of drug-likeness (QED) is 0.457. The highest BCUT2D eigenvalue weighted by Crippen LogP contribution is 2.53. The molecule has 7 nitrogen and oxygen atoms in total. The van der Waals surface area contributed by atoms with Gasteiger partial charge in [-0.05, 0) is 43.0 Å². The lowest BCUT2D eigenvalue weighted by Crippen LogP contribution is -2.53. The molecule has 0 aliphatic carbocycles. The van der Waals surface area contributed by atoms with Crippen molar-refractivity contribution in [2.45, 2.75) is 24.4 Å². The zero-order valence-corrected chi connectivity index (χ0v) is 18.8. The third-order valence-corrected chi connectivity index (χ3v) is 7.27. The number of thioether (sulfide) groups is 1. The van der Waals surface area contributed by atoms with Gasteiger partial charge >= 0.3 is 0 Å². The van der Waals surface area contributed by atoms with E-state index in [0.29, 0.717) is 31.7 Å². The molecule has 4 rings (SSSR count). The number of hydrogen-bond donors (Lipinski definition) is 2. The molecule has 3 amide bonds. The standard InChI is InChI=1S/C20H24BrN3O4S/c1-28-8-3-7-24-17(25)15-14(6-9-29-2)23-20(16(15)18(24)26)12-10-11(21)4-5-13(12)22-19(20)27/h4-5,10,14-16,23H,3,6-9H2,1-2H3,(H,22,27)/t14?,15-,16+,20?/m1/s1. The molecule has 2 saturated heterocycles. The summed E-state index contributed by atoms with van der Waals surface area (Å²) in [6.07, 6.45) is 3.30. The number of carbonyl (C=O) groups excluding carboxylic acids is 3. The Morgan fingerprint density at radius 2 is 2.07 bits per heavy atom. The normalized spacial score (nSPS) is 30.2. The van der Waals surface area contributed by atoms with Gasteiger partial charge in [0.15, 0.2) is 0 Å². The van der Waals surface area contributed by atoms with Crippen molar-refractivity contribution in [3.63, 3.8) is 0 Å². The smallest absolute Gasteiger partial charge is 0.250 e. The second kappa shape index (κ2) is 8.02. The van der Waals surface area contributed by atoms with Gasteiger partial charge in [-0.2, -0.15) is 11.8 Å². The zero-order chi connectivity index (χ0) is 20.8. The highest BCUT2D eigenvalue weighted by molar-refractivity contribution is 9.10. The van der Waals surface area contributed by atoms with Gasteiger partial charge in [-0.15, -0.1) is 0 Å². The first-order valence-electron chi connectivity index (χ1n) is 9.68. The van der Waals surface area contributed by atoms with Crippen LogP contribution in [0.25, 0.3) is 0 Å². The van der Waals surface area contributed by atoms with Crippen molar-refractivity contribution in [2.75, 3.05) is 37.6 Å². The molecule has 3 aliphatic heterocycles. The lowest BCUT2D eigenvalue weighted by Gasteiger charge is -2.29. The van der Waals surface area contributed by atoms with E-state index < -0.39 is 17.4 Å². The number of benzene rings is 1. The van der Waals surface area contributed by atoms with Crippen LogP contribution in [0.5, 0.6) is 0 Å². The number of anilines is 1. The molecule has 1 aromatic rings. The number of nitrogens with zero attached hydrogens (tertiary/aromatic N) is 1. The molecule has 0 bridgehead atoms. The van der Waals surface area contributed by atoms with Crippen LogP contribution in [0, 0.1) is 11.8 Å². The molecule has 4 atom stereocenters. The number of amides is 3. The van der Waals surface area contributed by atoms with E-state index in [0.717, 1.165) is 15.8 Å². The lowest BCUT2D eigenvalue weighted by molar-refractivity contribution is -0.143. The number of likely N-dealkylation sites (tertiary alicyclic amines) is 1. The van der Waals surface area contributed by atoms with E-state index in [9.17, 15) is 14.4 Å². The van der Waals surface area contributed by atoms with Gasteiger partial charge in [-0.1, -0.05) is 15.9 Å². The number of carbonyl (C=O) groups is 3. The minimum absolute atomic E-state index is 0.178. The number of nitrogens with one attached hydrogen (secondary N) is 2. The van der Waals surface area contributed by atoms with Gasteiger partial charge in [-0.25, -0.2) is 0 Å². The molecule has 3 aliphatic rings. The highest BCUT2D eigenvalue weighted by Gasteiger charge is 2.70. The number of fused-ring (bicyclic) bond motifs is 4. The van der Waals surface area contributed by atoms with Crippen LogP contribution < -0.4 is 10.6 Å². The Balaban J connectivity index is 1.77.